The van der Waals surface area contributed by atoms with Crippen LogP contribution in [0.3, 0.4) is 0 Å². The molecule has 1 aromatic carbocycles. The van der Waals surface area contributed by atoms with E-state index in [4.69, 9.17) is 9.66 Å². The first kappa shape index (κ1) is 17.6. The summed E-state index contributed by atoms with van der Waals surface area (Å²) in [5, 5.41) is 10.8. The van der Waals surface area contributed by atoms with E-state index in [-0.39, 0.29) is 22.6 Å². The number of halogens is 3. The number of thiazole rings is 1. The van der Waals surface area contributed by atoms with Crippen molar-refractivity contribution < 1.29 is 26.1 Å². The molecule has 0 aliphatic rings. The summed E-state index contributed by atoms with van der Waals surface area (Å²) >= 11 is 1.30. The molecule has 11 heteroatoms. The average molecular weight is 389 g/mol. The van der Waals surface area contributed by atoms with E-state index in [0.29, 0.717) is 10.7 Å². The van der Waals surface area contributed by atoms with E-state index in [0.717, 1.165) is 12.1 Å². The van der Waals surface area contributed by atoms with Crippen molar-refractivity contribution in [2.75, 3.05) is 0 Å². The Kier molecular flexibility index (Phi) is 4.39. The molecule has 2 N–H and O–H groups in total. The van der Waals surface area contributed by atoms with E-state index in [2.05, 4.69) is 10.1 Å². The number of hydrogen-bond donors (Lipinski definition) is 1. The van der Waals surface area contributed by atoms with Crippen molar-refractivity contribution in [1.29, 1.82) is 0 Å². The van der Waals surface area contributed by atoms with Gasteiger partial charge >= 0.3 is 0 Å². The van der Waals surface area contributed by atoms with Gasteiger partial charge in [0, 0.05) is 5.38 Å². The Balaban J connectivity index is 2.25. The Hall–Kier alpha value is -2.24. The van der Waals surface area contributed by atoms with Gasteiger partial charge < -0.3 is 4.52 Å². The molecule has 0 unspecified atom stereocenters. The molecule has 0 amide bonds. The summed E-state index contributed by atoms with van der Waals surface area (Å²) < 4.78 is 68.9. The second-order valence-electron chi connectivity index (χ2n) is 5.03. The minimum Gasteiger partial charge on any atom is -0.357 e. The van der Waals surface area contributed by atoms with E-state index in [1.54, 1.807) is 12.3 Å². The van der Waals surface area contributed by atoms with Gasteiger partial charge in [-0.05, 0) is 24.6 Å². The average Bonchev–Trinajstić information content (AvgIpc) is 3.10. The Morgan fingerprint density at radius 1 is 1.28 bits per heavy atom. The number of nitrogens with zero attached hydrogens (tertiary/aromatic N) is 2. The molecule has 2 heterocycles. The van der Waals surface area contributed by atoms with E-state index in [1.165, 1.54) is 11.3 Å². The topological polar surface area (TPSA) is 99.1 Å². The Morgan fingerprint density at radius 3 is 2.40 bits per heavy atom. The molecule has 0 aliphatic carbocycles. The van der Waals surface area contributed by atoms with Crippen LogP contribution in [0.2, 0.25) is 0 Å². The molecule has 25 heavy (non-hydrogen) atoms. The summed E-state index contributed by atoms with van der Waals surface area (Å²) in [4.78, 5) is 2.92. The fourth-order valence-electron chi connectivity index (χ4n) is 2.34. The lowest BCUT2D eigenvalue weighted by molar-refractivity contribution is 0.332. The first-order valence-corrected chi connectivity index (χ1v) is 9.14. The summed E-state index contributed by atoms with van der Waals surface area (Å²) in [6, 6.07) is 1.47. The number of hydrogen-bond acceptors (Lipinski definition) is 6. The normalized spacial score (nSPS) is 11.9. The van der Waals surface area contributed by atoms with Crippen molar-refractivity contribution in [2.45, 2.75) is 18.5 Å². The lowest BCUT2D eigenvalue weighted by Gasteiger charge is -2.07. The zero-order valence-electron chi connectivity index (χ0n) is 12.6. The number of primary sulfonamides is 1. The molecule has 3 aromatic rings. The summed E-state index contributed by atoms with van der Waals surface area (Å²) in [6.07, 6.45) is 0. The van der Waals surface area contributed by atoms with Gasteiger partial charge in [0.05, 0.1) is 10.6 Å². The van der Waals surface area contributed by atoms with Gasteiger partial charge in [-0.15, -0.1) is 11.3 Å². The van der Waals surface area contributed by atoms with E-state index >= 15 is 0 Å². The third-order valence-electron chi connectivity index (χ3n) is 3.32. The van der Waals surface area contributed by atoms with Crippen LogP contribution in [-0.2, 0) is 16.7 Å². The maximum atomic E-state index is 14.1. The van der Waals surface area contributed by atoms with Gasteiger partial charge in [0.1, 0.15) is 23.0 Å². The zero-order chi connectivity index (χ0) is 18.4. The molecule has 3 rings (SSSR count). The first-order valence-electron chi connectivity index (χ1n) is 6.71. The monoisotopic (exact) mass is 389 g/mol. The minimum absolute atomic E-state index is 0.00781. The largest absolute Gasteiger partial charge is 0.357 e. The SMILES string of the molecule is Cc1nc(-c2noc(CF)c2-c2cc(F)c(S(N)(=O)=O)c(F)c2)cs1. The van der Waals surface area contributed by atoms with Crippen molar-refractivity contribution in [2.24, 2.45) is 5.14 Å². The van der Waals surface area contributed by atoms with Gasteiger partial charge in [0.15, 0.2) is 17.3 Å². The van der Waals surface area contributed by atoms with Gasteiger partial charge in [-0.2, -0.15) is 0 Å². The fraction of sp³-hybridized carbons (Fsp3) is 0.143. The Labute approximate surface area is 144 Å². The quantitative estimate of drug-likeness (QED) is 0.739. The number of nitrogens with two attached hydrogens (primary N) is 1. The van der Waals surface area contributed by atoms with Crippen LogP contribution < -0.4 is 5.14 Å². The van der Waals surface area contributed by atoms with Gasteiger partial charge in [0.25, 0.3) is 0 Å². The van der Waals surface area contributed by atoms with Crippen molar-refractivity contribution >= 4 is 21.4 Å². The van der Waals surface area contributed by atoms with Crippen LogP contribution in [0.4, 0.5) is 13.2 Å². The van der Waals surface area contributed by atoms with Gasteiger partial charge in [-0.3, -0.25) is 0 Å². The highest BCUT2D eigenvalue weighted by molar-refractivity contribution is 7.89. The van der Waals surface area contributed by atoms with Crippen LogP contribution in [0, 0.1) is 18.6 Å². The number of sulfonamides is 1. The summed E-state index contributed by atoms with van der Waals surface area (Å²) in [7, 11) is -4.60. The van der Waals surface area contributed by atoms with E-state index in [9.17, 15) is 21.6 Å². The number of alkyl halides is 1. The van der Waals surface area contributed by atoms with Gasteiger partial charge in [-0.25, -0.2) is 31.7 Å². The highest BCUT2D eigenvalue weighted by Crippen LogP contribution is 2.37. The predicted molar refractivity (Wildman–Crippen MR) is 83.9 cm³/mol. The maximum Gasteiger partial charge on any atom is 0.243 e. The second-order valence-corrected chi connectivity index (χ2v) is 7.59. The zero-order valence-corrected chi connectivity index (χ0v) is 14.2. The molecule has 0 aliphatic heterocycles. The van der Waals surface area contributed by atoms with Crippen LogP contribution in [0.15, 0.2) is 26.9 Å². The lowest BCUT2D eigenvalue weighted by atomic mass is 10.0. The molecule has 0 radical (unpaired) electrons. The molecular weight excluding hydrogens is 379 g/mol. The van der Waals surface area contributed by atoms with E-state index < -0.39 is 33.2 Å². The highest BCUT2D eigenvalue weighted by atomic mass is 32.2. The molecule has 132 valence electrons. The molecule has 6 nitrogen and oxygen atoms in total. The molecule has 0 fully saturated rings. The van der Waals surface area contributed by atoms with Crippen molar-refractivity contribution in [3.63, 3.8) is 0 Å². The lowest BCUT2D eigenvalue weighted by Crippen LogP contribution is -2.16. The van der Waals surface area contributed by atoms with Crippen LogP contribution in [0.25, 0.3) is 22.5 Å². The van der Waals surface area contributed by atoms with Crippen LogP contribution in [-0.4, -0.2) is 18.6 Å². The summed E-state index contributed by atoms with van der Waals surface area (Å²) in [6.45, 7) is 0.663. The fourth-order valence-corrected chi connectivity index (χ4v) is 3.60. The van der Waals surface area contributed by atoms with Gasteiger partial charge in [0.2, 0.25) is 10.0 Å². The second kappa shape index (κ2) is 6.24. The third kappa shape index (κ3) is 3.17. The number of aromatic nitrogens is 2. The molecule has 0 atom stereocenters. The van der Waals surface area contributed by atoms with E-state index in [1.807, 2.05) is 0 Å². The molecule has 0 saturated heterocycles. The van der Waals surface area contributed by atoms with Crippen molar-refractivity contribution in [1.82, 2.24) is 10.1 Å². The predicted octanol–water partition coefficient (Wildman–Crippen LogP) is 3.17. The maximum absolute atomic E-state index is 14.1. The number of rotatable bonds is 4. The highest BCUT2D eigenvalue weighted by Gasteiger charge is 2.26. The molecule has 0 bridgehead atoms. The smallest absolute Gasteiger partial charge is 0.243 e. The van der Waals surface area contributed by atoms with Gasteiger partial charge in [-0.1, -0.05) is 5.16 Å². The van der Waals surface area contributed by atoms with Crippen LogP contribution in [0.1, 0.15) is 10.8 Å². The molecule has 2 aromatic heterocycles. The Morgan fingerprint density at radius 2 is 1.92 bits per heavy atom. The molecule has 0 spiro atoms. The van der Waals surface area contributed by atoms with Crippen molar-refractivity contribution in [3.05, 3.63) is 39.9 Å². The van der Waals surface area contributed by atoms with Crippen LogP contribution >= 0.6 is 11.3 Å². The minimum atomic E-state index is -4.60. The van der Waals surface area contributed by atoms with Crippen molar-refractivity contribution in [3.8, 4) is 22.5 Å². The first-order chi connectivity index (χ1) is 11.7. The Bertz CT molecular complexity index is 1040. The summed E-state index contributed by atoms with van der Waals surface area (Å²) in [5.74, 6) is -3.06. The molecule has 0 saturated carbocycles. The summed E-state index contributed by atoms with van der Waals surface area (Å²) in [5.41, 5.74) is 0.292. The number of aryl methyl sites for hydroxylation is 1. The third-order valence-corrected chi connectivity index (χ3v) is 5.05. The molecular formula is C14H10F3N3O3S2. The van der Waals surface area contributed by atoms with Crippen LogP contribution in [0.5, 0.6) is 0 Å². The standard InChI is InChI=1S/C14H10F3N3O3S2/c1-6-19-10(5-24-6)13-12(11(4-15)23-20-13)7-2-8(16)14(9(17)3-7)25(18,21)22/h2-3,5H,4H2,1H3,(H2,18,21,22). The number of benzene rings is 1.